The molecule has 1 unspecified atom stereocenters. The summed E-state index contributed by atoms with van der Waals surface area (Å²) in [5.74, 6) is 0.428. The number of anilines is 2. The Balaban J connectivity index is 1.91. The lowest BCUT2D eigenvalue weighted by molar-refractivity contribution is -0.119. The normalized spacial score (nSPS) is 22.5. The van der Waals surface area contributed by atoms with Gasteiger partial charge in [0, 0.05) is 30.8 Å². The zero-order chi connectivity index (χ0) is 12.7. The molecule has 1 aromatic rings. The highest BCUT2D eigenvalue weighted by Gasteiger charge is 2.29. The summed E-state index contributed by atoms with van der Waals surface area (Å²) in [6.07, 6.45) is 0.370. The summed E-state index contributed by atoms with van der Waals surface area (Å²) in [5, 5.41) is 2.71. The van der Waals surface area contributed by atoms with E-state index in [1.807, 2.05) is 0 Å². The maximum atomic E-state index is 11.7. The van der Waals surface area contributed by atoms with Gasteiger partial charge in [0.25, 0.3) is 5.91 Å². The van der Waals surface area contributed by atoms with E-state index in [4.69, 9.17) is 10.5 Å². The molecule has 2 aliphatic rings. The van der Waals surface area contributed by atoms with Crippen molar-refractivity contribution in [3.05, 3.63) is 18.2 Å². The molecule has 3 N–H and O–H groups in total. The molecule has 0 bridgehead atoms. The first-order valence-corrected chi connectivity index (χ1v) is 5.76. The van der Waals surface area contributed by atoms with Crippen LogP contribution in [0, 0.1) is 0 Å². The lowest BCUT2D eigenvalue weighted by atomic mass is 10.2. The van der Waals surface area contributed by atoms with Crippen molar-refractivity contribution in [2.24, 2.45) is 5.73 Å². The third-order valence-electron chi connectivity index (χ3n) is 3.06. The number of nitrogens with zero attached hydrogens (tertiary/aromatic N) is 1. The van der Waals surface area contributed by atoms with Gasteiger partial charge in [-0.3, -0.25) is 9.59 Å². The molecule has 2 aliphatic heterocycles. The van der Waals surface area contributed by atoms with Crippen LogP contribution in [0.1, 0.15) is 6.42 Å². The van der Waals surface area contributed by atoms with Gasteiger partial charge in [0.05, 0.1) is 5.69 Å². The Morgan fingerprint density at radius 1 is 1.39 bits per heavy atom. The topological polar surface area (TPSA) is 84.7 Å². The van der Waals surface area contributed by atoms with Crippen LogP contribution in [0.4, 0.5) is 11.4 Å². The number of nitrogens with one attached hydrogen (secondary N) is 1. The van der Waals surface area contributed by atoms with Crippen molar-refractivity contribution in [2.75, 3.05) is 23.4 Å². The van der Waals surface area contributed by atoms with Gasteiger partial charge in [0.1, 0.15) is 5.75 Å². The minimum Gasteiger partial charge on any atom is -0.482 e. The van der Waals surface area contributed by atoms with Crippen molar-refractivity contribution in [3.8, 4) is 5.75 Å². The Morgan fingerprint density at radius 2 is 2.22 bits per heavy atom. The summed E-state index contributed by atoms with van der Waals surface area (Å²) in [6.45, 7) is 0.522. The fourth-order valence-corrected chi connectivity index (χ4v) is 2.22. The number of nitrogens with two attached hydrogens (primary N) is 1. The molecule has 0 radical (unpaired) electrons. The maximum absolute atomic E-state index is 11.7. The van der Waals surface area contributed by atoms with E-state index in [2.05, 4.69) is 5.32 Å². The van der Waals surface area contributed by atoms with Crippen LogP contribution in [0.5, 0.6) is 5.75 Å². The number of carbonyl (C=O) groups is 2. The molecule has 2 heterocycles. The van der Waals surface area contributed by atoms with Gasteiger partial charge in [0.2, 0.25) is 5.91 Å². The highest BCUT2D eigenvalue weighted by molar-refractivity contribution is 5.99. The van der Waals surface area contributed by atoms with Crippen molar-refractivity contribution in [1.82, 2.24) is 0 Å². The molecular weight excluding hydrogens is 234 g/mol. The number of carbonyl (C=O) groups excluding carboxylic acids is 2. The molecule has 1 atom stereocenters. The van der Waals surface area contributed by atoms with Crippen molar-refractivity contribution in [1.29, 1.82) is 0 Å². The quantitative estimate of drug-likeness (QED) is 0.736. The number of hydrogen-bond acceptors (Lipinski definition) is 4. The highest BCUT2D eigenvalue weighted by atomic mass is 16.5. The summed E-state index contributed by atoms with van der Waals surface area (Å²) < 4.78 is 5.32. The van der Waals surface area contributed by atoms with Crippen LogP contribution in [0.25, 0.3) is 0 Å². The Morgan fingerprint density at radius 3 is 2.94 bits per heavy atom. The van der Waals surface area contributed by atoms with E-state index in [0.717, 1.165) is 5.69 Å². The first-order valence-electron chi connectivity index (χ1n) is 5.76. The Hall–Kier alpha value is -2.08. The van der Waals surface area contributed by atoms with Crippen molar-refractivity contribution < 1.29 is 14.3 Å². The third-order valence-corrected chi connectivity index (χ3v) is 3.06. The van der Waals surface area contributed by atoms with Gasteiger partial charge in [-0.1, -0.05) is 0 Å². The number of ether oxygens (including phenoxy) is 1. The van der Waals surface area contributed by atoms with Gasteiger partial charge in [-0.25, -0.2) is 0 Å². The standard InChI is InChI=1S/C12H13N3O3/c13-7-3-12(17)15(5-7)8-1-2-9-10(4-8)18-6-11(16)14-9/h1-2,4,7H,3,5-6,13H2,(H,14,16). The average molecular weight is 247 g/mol. The van der Waals surface area contributed by atoms with E-state index in [9.17, 15) is 9.59 Å². The van der Waals surface area contributed by atoms with E-state index in [1.165, 1.54) is 0 Å². The number of hydrogen-bond donors (Lipinski definition) is 2. The molecule has 1 aromatic carbocycles. The molecule has 6 heteroatoms. The molecular formula is C12H13N3O3. The second-order valence-electron chi connectivity index (χ2n) is 4.49. The molecule has 0 spiro atoms. The smallest absolute Gasteiger partial charge is 0.262 e. The lowest BCUT2D eigenvalue weighted by Crippen LogP contribution is -2.29. The van der Waals surface area contributed by atoms with Gasteiger partial charge >= 0.3 is 0 Å². The van der Waals surface area contributed by atoms with Crippen molar-refractivity contribution in [3.63, 3.8) is 0 Å². The summed E-state index contributed by atoms with van der Waals surface area (Å²) >= 11 is 0. The van der Waals surface area contributed by atoms with E-state index < -0.39 is 0 Å². The van der Waals surface area contributed by atoms with E-state index >= 15 is 0 Å². The predicted molar refractivity (Wildman–Crippen MR) is 65.5 cm³/mol. The fraction of sp³-hybridized carbons (Fsp3) is 0.333. The zero-order valence-corrected chi connectivity index (χ0v) is 9.68. The van der Waals surface area contributed by atoms with Crippen LogP contribution >= 0.6 is 0 Å². The maximum Gasteiger partial charge on any atom is 0.262 e. The lowest BCUT2D eigenvalue weighted by Gasteiger charge is -2.21. The van der Waals surface area contributed by atoms with Crippen LogP contribution in [0.2, 0.25) is 0 Å². The molecule has 94 valence electrons. The third kappa shape index (κ3) is 1.80. The second-order valence-corrected chi connectivity index (χ2v) is 4.49. The van der Waals surface area contributed by atoms with Gasteiger partial charge in [-0.2, -0.15) is 0 Å². The molecule has 0 aliphatic carbocycles. The minimum atomic E-state index is -0.172. The zero-order valence-electron chi connectivity index (χ0n) is 9.68. The Labute approximate surface area is 104 Å². The van der Waals surface area contributed by atoms with Crippen LogP contribution in [0.3, 0.4) is 0 Å². The SMILES string of the molecule is NC1CC(=O)N(c2ccc3c(c2)OCC(=O)N3)C1. The summed E-state index contributed by atoms with van der Waals surface area (Å²) in [7, 11) is 0. The number of benzene rings is 1. The molecule has 3 rings (SSSR count). The van der Waals surface area contributed by atoms with E-state index in [0.29, 0.717) is 24.4 Å². The minimum absolute atomic E-state index is 0.00388. The first kappa shape index (κ1) is 11.0. The van der Waals surface area contributed by atoms with Crippen LogP contribution in [-0.2, 0) is 9.59 Å². The summed E-state index contributed by atoms with van der Waals surface area (Å²) in [6, 6.07) is 5.15. The molecule has 0 saturated carbocycles. The monoisotopic (exact) mass is 247 g/mol. The first-order chi connectivity index (χ1) is 8.63. The summed E-state index contributed by atoms with van der Waals surface area (Å²) in [4.78, 5) is 24.5. The molecule has 1 saturated heterocycles. The van der Waals surface area contributed by atoms with Crippen LogP contribution in [0.15, 0.2) is 18.2 Å². The fourth-order valence-electron chi connectivity index (χ4n) is 2.22. The van der Waals surface area contributed by atoms with Crippen LogP contribution < -0.4 is 20.7 Å². The Kier molecular flexibility index (Phi) is 2.45. The number of fused-ring (bicyclic) bond motifs is 1. The van der Waals surface area contributed by atoms with Gasteiger partial charge in [-0.05, 0) is 12.1 Å². The van der Waals surface area contributed by atoms with Crippen molar-refractivity contribution >= 4 is 23.2 Å². The molecule has 0 aromatic heterocycles. The summed E-state index contributed by atoms with van der Waals surface area (Å²) in [5.41, 5.74) is 7.14. The number of amides is 2. The van der Waals surface area contributed by atoms with Gasteiger partial charge < -0.3 is 20.7 Å². The predicted octanol–water partition coefficient (Wildman–Crippen LogP) is 0.0815. The molecule has 1 fully saturated rings. The number of rotatable bonds is 1. The van der Waals surface area contributed by atoms with Crippen molar-refractivity contribution in [2.45, 2.75) is 12.5 Å². The van der Waals surface area contributed by atoms with E-state index in [-0.39, 0.29) is 24.5 Å². The highest BCUT2D eigenvalue weighted by Crippen LogP contribution is 2.33. The van der Waals surface area contributed by atoms with Gasteiger partial charge in [0.15, 0.2) is 6.61 Å². The molecule has 6 nitrogen and oxygen atoms in total. The average Bonchev–Trinajstić information content (AvgIpc) is 2.68. The largest absolute Gasteiger partial charge is 0.482 e. The second kappa shape index (κ2) is 3.99. The molecule has 18 heavy (non-hydrogen) atoms. The molecule has 2 amide bonds. The van der Waals surface area contributed by atoms with Crippen LogP contribution in [-0.4, -0.2) is 31.0 Å². The van der Waals surface area contributed by atoms with E-state index in [1.54, 1.807) is 23.1 Å². The Bertz CT molecular complexity index is 529. The van der Waals surface area contributed by atoms with Gasteiger partial charge in [-0.15, -0.1) is 0 Å².